The third-order valence-electron chi connectivity index (χ3n) is 2.99. The number of carboxylic acid groups (broad SMARTS) is 1. The molecule has 98 valence electrons. The van der Waals surface area contributed by atoms with Gasteiger partial charge in [0.15, 0.2) is 0 Å². The van der Waals surface area contributed by atoms with E-state index in [2.05, 4.69) is 19.2 Å². The summed E-state index contributed by atoms with van der Waals surface area (Å²) in [6, 6.07) is -0.186. The maximum absolute atomic E-state index is 11.8. The zero-order valence-electron chi connectivity index (χ0n) is 10.5. The smallest absolute Gasteiger partial charge is 0.323 e. The number of ether oxygens (including phenoxy) is 1. The molecular weight excluding hydrogens is 224 g/mol. The first-order valence-electron chi connectivity index (χ1n) is 5.63. The van der Waals surface area contributed by atoms with Crippen molar-refractivity contribution < 1.29 is 19.4 Å². The average Bonchev–Trinajstić information content (AvgIpc) is 2.80. The second-order valence-corrected chi connectivity index (χ2v) is 5.00. The lowest BCUT2D eigenvalue weighted by atomic mass is 10.2. The number of carbonyl (C=O) groups excluding carboxylic acids is 1. The number of nitrogens with one attached hydrogen (secondary N) is 1. The second-order valence-electron chi connectivity index (χ2n) is 5.00. The molecule has 1 fully saturated rings. The van der Waals surface area contributed by atoms with Gasteiger partial charge in [-0.3, -0.25) is 4.79 Å². The van der Waals surface area contributed by atoms with Gasteiger partial charge in [-0.2, -0.15) is 0 Å². The number of carbonyl (C=O) groups is 2. The molecule has 17 heavy (non-hydrogen) atoms. The molecule has 6 nitrogen and oxygen atoms in total. The number of urea groups is 1. The van der Waals surface area contributed by atoms with E-state index in [1.165, 1.54) is 12.0 Å². The van der Waals surface area contributed by atoms with Crippen LogP contribution in [0.25, 0.3) is 0 Å². The number of nitrogens with zero attached hydrogens (tertiary/aromatic N) is 1. The van der Waals surface area contributed by atoms with Gasteiger partial charge in [-0.1, -0.05) is 13.8 Å². The summed E-state index contributed by atoms with van der Waals surface area (Å²) < 4.78 is 4.85. The van der Waals surface area contributed by atoms with Gasteiger partial charge in [-0.25, -0.2) is 4.79 Å². The Kier molecular flexibility index (Phi) is 4.34. The fourth-order valence-corrected chi connectivity index (χ4v) is 1.57. The first-order chi connectivity index (χ1) is 7.86. The van der Waals surface area contributed by atoms with Crippen molar-refractivity contribution in [3.8, 4) is 0 Å². The molecule has 6 heteroatoms. The van der Waals surface area contributed by atoms with Crippen molar-refractivity contribution in [3.63, 3.8) is 0 Å². The Labute approximate surface area is 101 Å². The van der Waals surface area contributed by atoms with Gasteiger partial charge in [-0.15, -0.1) is 0 Å². The third-order valence-corrected chi connectivity index (χ3v) is 2.99. The van der Waals surface area contributed by atoms with Gasteiger partial charge in [0.25, 0.3) is 0 Å². The SMILES string of the molecule is COCCN(CC(=O)O)C(=O)NC1CC1(C)C. The van der Waals surface area contributed by atoms with Crippen molar-refractivity contribution in [3.05, 3.63) is 0 Å². The number of methoxy groups -OCH3 is 1. The number of carboxylic acids is 1. The van der Waals surface area contributed by atoms with E-state index in [0.29, 0.717) is 6.61 Å². The Balaban J connectivity index is 2.44. The molecule has 0 heterocycles. The number of hydrogen-bond donors (Lipinski definition) is 2. The average molecular weight is 244 g/mol. The summed E-state index contributed by atoms with van der Waals surface area (Å²) in [5.74, 6) is -1.02. The molecule has 1 aliphatic carbocycles. The highest BCUT2D eigenvalue weighted by molar-refractivity contribution is 5.80. The van der Waals surface area contributed by atoms with Crippen LogP contribution in [-0.2, 0) is 9.53 Å². The first-order valence-corrected chi connectivity index (χ1v) is 5.63. The number of amides is 2. The molecule has 0 saturated heterocycles. The highest BCUT2D eigenvalue weighted by atomic mass is 16.5. The molecule has 1 rings (SSSR count). The van der Waals surface area contributed by atoms with Gasteiger partial charge in [0.2, 0.25) is 0 Å². The zero-order valence-corrected chi connectivity index (χ0v) is 10.5. The maximum Gasteiger partial charge on any atom is 0.323 e. The standard InChI is InChI=1S/C11H20N2O4/c1-11(2)6-8(11)12-10(16)13(4-5-17-3)7-9(14)15/h8H,4-7H2,1-3H3,(H,12,16)(H,14,15). The monoisotopic (exact) mass is 244 g/mol. The van der Waals surface area contributed by atoms with Crippen LogP contribution in [0.2, 0.25) is 0 Å². The fraction of sp³-hybridized carbons (Fsp3) is 0.818. The van der Waals surface area contributed by atoms with Crippen molar-refractivity contribution in [2.45, 2.75) is 26.3 Å². The van der Waals surface area contributed by atoms with Gasteiger partial charge in [0.1, 0.15) is 6.54 Å². The highest BCUT2D eigenvalue weighted by Crippen LogP contribution is 2.44. The van der Waals surface area contributed by atoms with Crippen LogP contribution in [0.3, 0.4) is 0 Å². The van der Waals surface area contributed by atoms with Gasteiger partial charge >= 0.3 is 12.0 Å². The minimum atomic E-state index is -1.02. The Morgan fingerprint density at radius 3 is 2.53 bits per heavy atom. The molecule has 0 aromatic carbocycles. The molecule has 2 N–H and O–H groups in total. The Morgan fingerprint density at radius 2 is 2.12 bits per heavy atom. The predicted octanol–water partition coefficient (Wildman–Crippen LogP) is 0.527. The zero-order chi connectivity index (χ0) is 13.1. The highest BCUT2D eigenvalue weighted by Gasteiger charge is 2.47. The van der Waals surface area contributed by atoms with E-state index in [9.17, 15) is 9.59 Å². The molecule has 1 atom stereocenters. The Bertz CT molecular complexity index is 304. The van der Waals surface area contributed by atoms with Gasteiger partial charge in [0, 0.05) is 19.7 Å². The van der Waals surface area contributed by atoms with E-state index < -0.39 is 5.97 Å². The van der Waals surface area contributed by atoms with E-state index in [-0.39, 0.29) is 30.6 Å². The molecular formula is C11H20N2O4. The molecule has 1 unspecified atom stereocenters. The molecule has 0 aliphatic heterocycles. The normalized spacial score (nSPS) is 20.8. The summed E-state index contributed by atoms with van der Waals surface area (Å²) in [5, 5.41) is 11.5. The quantitative estimate of drug-likeness (QED) is 0.714. The van der Waals surface area contributed by atoms with Crippen LogP contribution < -0.4 is 5.32 Å². The second kappa shape index (κ2) is 5.35. The van der Waals surface area contributed by atoms with Crippen LogP contribution in [0.5, 0.6) is 0 Å². The summed E-state index contributed by atoms with van der Waals surface area (Å²) in [6.07, 6.45) is 0.934. The topological polar surface area (TPSA) is 78.9 Å². The van der Waals surface area contributed by atoms with Crippen LogP contribution in [0.1, 0.15) is 20.3 Å². The van der Waals surface area contributed by atoms with Gasteiger partial charge in [0.05, 0.1) is 6.61 Å². The number of aliphatic carboxylic acids is 1. The van der Waals surface area contributed by atoms with Crippen molar-refractivity contribution >= 4 is 12.0 Å². The molecule has 0 spiro atoms. The van der Waals surface area contributed by atoms with Crippen LogP contribution in [0, 0.1) is 5.41 Å². The minimum absolute atomic E-state index is 0.131. The lowest BCUT2D eigenvalue weighted by molar-refractivity contribution is -0.137. The third kappa shape index (κ3) is 4.22. The molecule has 1 saturated carbocycles. The van der Waals surface area contributed by atoms with Crippen molar-refractivity contribution in [2.75, 3.05) is 26.8 Å². The lowest BCUT2D eigenvalue weighted by Crippen LogP contribution is -2.45. The molecule has 1 aliphatic rings. The molecule has 0 aromatic heterocycles. The van der Waals surface area contributed by atoms with E-state index in [0.717, 1.165) is 6.42 Å². The molecule has 0 radical (unpaired) electrons. The summed E-state index contributed by atoms with van der Waals surface area (Å²) in [5.41, 5.74) is 0.131. The Hall–Kier alpha value is -1.30. The summed E-state index contributed by atoms with van der Waals surface area (Å²) in [6.45, 7) is 4.43. The van der Waals surface area contributed by atoms with Crippen molar-refractivity contribution in [2.24, 2.45) is 5.41 Å². The van der Waals surface area contributed by atoms with Crippen LogP contribution >= 0.6 is 0 Å². The largest absolute Gasteiger partial charge is 0.480 e. The first kappa shape index (κ1) is 13.8. The van der Waals surface area contributed by atoms with Gasteiger partial charge < -0.3 is 20.1 Å². The van der Waals surface area contributed by atoms with Crippen LogP contribution in [-0.4, -0.2) is 54.9 Å². The summed E-state index contributed by atoms with van der Waals surface area (Å²) in [4.78, 5) is 23.7. The number of hydrogen-bond acceptors (Lipinski definition) is 3. The van der Waals surface area contributed by atoms with Crippen LogP contribution in [0.4, 0.5) is 4.79 Å². The number of rotatable bonds is 6. The molecule has 0 bridgehead atoms. The van der Waals surface area contributed by atoms with E-state index in [1.807, 2.05) is 0 Å². The van der Waals surface area contributed by atoms with Crippen molar-refractivity contribution in [1.82, 2.24) is 10.2 Å². The Morgan fingerprint density at radius 1 is 1.53 bits per heavy atom. The van der Waals surface area contributed by atoms with Crippen LogP contribution in [0.15, 0.2) is 0 Å². The van der Waals surface area contributed by atoms with E-state index >= 15 is 0 Å². The predicted molar refractivity (Wildman–Crippen MR) is 61.8 cm³/mol. The maximum atomic E-state index is 11.8. The molecule has 2 amide bonds. The minimum Gasteiger partial charge on any atom is -0.480 e. The van der Waals surface area contributed by atoms with E-state index in [4.69, 9.17) is 9.84 Å². The summed E-state index contributed by atoms with van der Waals surface area (Å²) in [7, 11) is 1.51. The lowest BCUT2D eigenvalue weighted by Gasteiger charge is -2.21. The van der Waals surface area contributed by atoms with Crippen molar-refractivity contribution in [1.29, 1.82) is 0 Å². The summed E-state index contributed by atoms with van der Waals surface area (Å²) >= 11 is 0. The van der Waals surface area contributed by atoms with Gasteiger partial charge in [-0.05, 0) is 11.8 Å². The van der Waals surface area contributed by atoms with E-state index in [1.54, 1.807) is 0 Å². The fourth-order valence-electron chi connectivity index (χ4n) is 1.57. The molecule has 0 aromatic rings.